The number of carbonyl (C=O) groups excluding carboxylic acids is 17. The average Bonchev–Trinajstić information content (AvgIpc) is 1.70. The number of benzene rings is 2. The molecule has 5 rings (SSSR count). The third kappa shape index (κ3) is 27.2. The Balaban J connectivity index is 1.20. The highest BCUT2D eigenvalue weighted by atomic mass is 16.4. The molecule has 12 atom stereocenters. The fourth-order valence-electron chi connectivity index (χ4n) is 14.0. The molecule has 0 saturated carbocycles. The lowest BCUT2D eigenvalue weighted by atomic mass is 9.93. The zero-order chi connectivity index (χ0) is 91.6. The fraction of sp³-hybridized carbons (Fsp3) is 0.639. The van der Waals surface area contributed by atoms with E-state index in [1.54, 1.807) is 88.4 Å². The number of nitrogens with one attached hydrogen (secondary N) is 13. The molecule has 0 radical (unpaired) electrons. The number of likely N-dealkylation sites (tertiary alicyclic amines) is 3. The summed E-state index contributed by atoms with van der Waals surface area (Å²) in [5.41, 5.74) is -7.31. The molecule has 38 nitrogen and oxygen atoms in total. The van der Waals surface area contributed by atoms with Crippen LogP contribution in [0.25, 0.3) is 0 Å². The van der Waals surface area contributed by atoms with Gasteiger partial charge in [0.2, 0.25) is 100 Å². The normalized spacial score (nSPS) is 19.4. The number of aliphatic hydroxyl groups is 2. The number of nitrogens with zero attached hydrogens (tertiary/aromatic N) is 3. The molecule has 670 valence electrons. The van der Waals surface area contributed by atoms with Gasteiger partial charge in [0.05, 0.1) is 18.8 Å². The molecule has 3 aliphatic heterocycles. The molecule has 3 fully saturated rings. The molecular weight excluding hydrogens is 1570 g/mol. The minimum atomic E-state index is -1.93. The smallest absolute Gasteiger partial charge is 0.326 e. The zero-order valence-electron chi connectivity index (χ0n) is 73.0. The van der Waals surface area contributed by atoms with Crippen LogP contribution in [0.1, 0.15) is 207 Å². The number of primary amides is 1. The van der Waals surface area contributed by atoms with Crippen LogP contribution in [-0.2, 0) is 99.1 Å². The van der Waals surface area contributed by atoms with Crippen LogP contribution in [0.15, 0.2) is 60.7 Å². The predicted molar refractivity (Wildman–Crippen MR) is 441 cm³/mol. The molecule has 0 aromatic heterocycles. The number of carboxylic acids is 1. The average molecular weight is 1700 g/mol. The summed E-state index contributed by atoms with van der Waals surface area (Å²) in [6.45, 7) is 25.6. The minimum Gasteiger partial charge on any atom is -0.480 e. The van der Waals surface area contributed by atoms with Crippen molar-refractivity contribution in [1.82, 2.24) is 83.8 Å². The van der Waals surface area contributed by atoms with Crippen molar-refractivity contribution >= 4 is 106 Å². The standard InChI is InChI=1S/C83H127N17O21/c1-20-81(17,97-70(116)78(11,12)95-69(115)77(9,10)94-68(114)76(7,8)90-62(107)54(86-47(6)101)39-48-30-25-23-26-31-48)71(117)85-43-60(105)87-53(38-46(4)5)63(108)92-82(18,21-2)72(118)96-80(15,16)74(120)99-44-50(102)41-57(99)65(110)88-52(35-36-59(84)104)61(106)93-83(19,22-3)75(121)100-45-51(103)42-58(100)66(111)91-79(13,14)73(119)98-37-29-34-56(98)64(109)89-55(67(112)113)40-49-32-27-24-28-33-49/h23-28,30-33,46,50-58,102-103H,20-22,29,34-45H2,1-19H3,(H2,84,104)(H,85,117)(H,86,101)(H,87,105)(H,88,110)(H,89,109)(H,90,107)(H,91,111)(H,92,108)(H,93,106)(H,94,114)(H,95,115)(H,96,118)(H,97,116)(H,112,113)/t50-,51-,52+,53+,54+,55+,56+,57+,58+,81+,82+,83+/m1/s1. The lowest BCUT2D eigenvalue weighted by molar-refractivity contribution is -0.149. The van der Waals surface area contributed by atoms with Gasteiger partial charge >= 0.3 is 5.97 Å². The lowest BCUT2D eigenvalue weighted by Crippen LogP contribution is -2.68. The Morgan fingerprint density at radius 3 is 1.35 bits per heavy atom. The Bertz CT molecular complexity index is 4200. The molecule has 121 heavy (non-hydrogen) atoms. The maximum atomic E-state index is 14.8. The first-order chi connectivity index (χ1) is 55.9. The number of aliphatic carboxylic acids is 1. The second-order valence-corrected chi connectivity index (χ2v) is 35.4. The molecular formula is C83H127N17O21. The second-order valence-electron chi connectivity index (χ2n) is 35.4. The Kier molecular flexibility index (Phi) is 34.3. The minimum absolute atomic E-state index is 0.00612. The molecule has 18 N–H and O–H groups in total. The summed E-state index contributed by atoms with van der Waals surface area (Å²) in [6.07, 6.45) is -3.93. The van der Waals surface area contributed by atoms with E-state index in [9.17, 15) is 102 Å². The number of hydrogen-bond acceptors (Lipinski definition) is 20. The second kappa shape index (κ2) is 41.4. The van der Waals surface area contributed by atoms with Crippen LogP contribution in [0.4, 0.5) is 0 Å². The van der Waals surface area contributed by atoms with Gasteiger partial charge in [-0.25, -0.2) is 4.79 Å². The molecule has 3 aliphatic rings. The molecule has 3 heterocycles. The third-order valence-corrected chi connectivity index (χ3v) is 22.2. The van der Waals surface area contributed by atoms with Crippen LogP contribution in [0.3, 0.4) is 0 Å². The number of amides is 17. The van der Waals surface area contributed by atoms with Crippen molar-refractivity contribution in [3.05, 3.63) is 71.8 Å². The molecule has 17 amide bonds. The van der Waals surface area contributed by atoms with Crippen LogP contribution >= 0.6 is 0 Å². The van der Waals surface area contributed by atoms with Crippen molar-refractivity contribution in [2.45, 2.75) is 307 Å². The van der Waals surface area contributed by atoms with Crippen molar-refractivity contribution in [1.29, 1.82) is 0 Å². The Morgan fingerprint density at radius 2 is 0.860 bits per heavy atom. The van der Waals surface area contributed by atoms with Crippen LogP contribution in [0, 0.1) is 5.92 Å². The van der Waals surface area contributed by atoms with E-state index in [1.165, 1.54) is 109 Å². The van der Waals surface area contributed by atoms with Crippen molar-refractivity contribution < 1.29 is 102 Å². The quantitative estimate of drug-likeness (QED) is 0.0349. The van der Waals surface area contributed by atoms with E-state index >= 15 is 0 Å². The largest absolute Gasteiger partial charge is 0.480 e. The Morgan fingerprint density at radius 1 is 0.446 bits per heavy atom. The van der Waals surface area contributed by atoms with Gasteiger partial charge in [-0.1, -0.05) is 95.3 Å². The zero-order valence-corrected chi connectivity index (χ0v) is 73.0. The third-order valence-electron chi connectivity index (χ3n) is 22.2. The summed E-state index contributed by atoms with van der Waals surface area (Å²) in [6, 6.07) is 8.07. The number of β-amino-alcohol motifs (C(OH)–C–C–N with tert-alkyl or cyclic N) is 2. The molecule has 0 bridgehead atoms. The summed E-state index contributed by atoms with van der Waals surface area (Å²) >= 11 is 0. The van der Waals surface area contributed by atoms with E-state index in [1.807, 2.05) is 0 Å². The summed E-state index contributed by atoms with van der Waals surface area (Å²) in [7, 11) is 0. The van der Waals surface area contributed by atoms with Gasteiger partial charge in [-0.2, -0.15) is 0 Å². The first-order valence-electron chi connectivity index (χ1n) is 40.8. The number of aliphatic hydroxyl groups excluding tert-OH is 2. The van der Waals surface area contributed by atoms with Crippen LogP contribution in [-0.4, -0.2) is 261 Å². The lowest BCUT2D eigenvalue weighted by Gasteiger charge is -2.38. The maximum Gasteiger partial charge on any atom is 0.326 e. The van der Waals surface area contributed by atoms with E-state index in [0.29, 0.717) is 12.0 Å². The highest BCUT2D eigenvalue weighted by Gasteiger charge is 2.52. The summed E-state index contributed by atoms with van der Waals surface area (Å²) in [5, 5.41) is 65.9. The molecule has 3 saturated heterocycles. The van der Waals surface area contributed by atoms with Crippen LogP contribution < -0.4 is 74.9 Å². The van der Waals surface area contributed by atoms with Crippen LogP contribution in [0.2, 0.25) is 0 Å². The molecule has 0 unspecified atom stereocenters. The van der Waals surface area contributed by atoms with E-state index in [0.717, 1.165) is 15.4 Å². The van der Waals surface area contributed by atoms with E-state index in [4.69, 9.17) is 5.73 Å². The van der Waals surface area contributed by atoms with Gasteiger partial charge in [0, 0.05) is 58.7 Å². The number of carboxylic acid groups (broad SMARTS) is 1. The number of nitrogens with two attached hydrogens (primary N) is 1. The fourth-order valence-corrected chi connectivity index (χ4v) is 14.0. The SMILES string of the molecule is CC[C@](C)(NC(=O)[C@H](CC(C)C)NC(=O)CNC(=O)[C@](C)(CC)NC(=O)C(C)(C)NC(=O)C(C)(C)NC(=O)C(C)(C)NC(=O)[C@H](Cc1ccccc1)NC(C)=O)C(=O)NC(C)(C)C(=O)N1C[C@H](O)C[C@H]1C(=O)N[C@@H](CCC(N)=O)C(=O)N[C@@](C)(CC)C(=O)N1C[C@H](O)C[C@H]1C(=O)NC(C)(C)C(=O)N1CCC[C@H]1C(=O)N[C@@H](Cc1ccccc1)C(=O)O. The summed E-state index contributed by atoms with van der Waals surface area (Å²) < 4.78 is 0. The number of carbonyl (C=O) groups is 18. The molecule has 2 aromatic rings. The van der Waals surface area contributed by atoms with Crippen molar-refractivity contribution in [2.24, 2.45) is 11.7 Å². The van der Waals surface area contributed by atoms with Gasteiger partial charge in [-0.15, -0.1) is 0 Å². The van der Waals surface area contributed by atoms with Crippen LogP contribution in [0.5, 0.6) is 0 Å². The summed E-state index contributed by atoms with van der Waals surface area (Å²) in [4.78, 5) is 252. The van der Waals surface area contributed by atoms with E-state index in [-0.39, 0.29) is 63.8 Å². The van der Waals surface area contributed by atoms with Gasteiger partial charge in [0.15, 0.2) is 0 Å². The van der Waals surface area contributed by atoms with E-state index in [2.05, 4.69) is 69.1 Å². The Hall–Kier alpha value is -11.2. The molecule has 38 heteroatoms. The maximum absolute atomic E-state index is 14.8. The van der Waals surface area contributed by atoms with Crippen molar-refractivity contribution in [3.8, 4) is 0 Å². The molecule has 0 spiro atoms. The highest BCUT2D eigenvalue weighted by Crippen LogP contribution is 2.30. The Labute approximate surface area is 705 Å². The highest BCUT2D eigenvalue weighted by molar-refractivity contribution is 6.04. The molecule has 2 aromatic carbocycles. The number of rotatable bonds is 41. The van der Waals surface area contributed by atoms with Gasteiger partial charge in [0.1, 0.15) is 86.6 Å². The van der Waals surface area contributed by atoms with Gasteiger partial charge in [0.25, 0.3) is 0 Å². The number of hydrogen-bond donors (Lipinski definition) is 17. The van der Waals surface area contributed by atoms with Gasteiger partial charge in [-0.3, -0.25) is 81.5 Å². The van der Waals surface area contributed by atoms with Gasteiger partial charge in [-0.05, 0) is 152 Å². The monoisotopic (exact) mass is 1700 g/mol. The van der Waals surface area contributed by atoms with Gasteiger partial charge < -0.3 is 105 Å². The van der Waals surface area contributed by atoms with Crippen molar-refractivity contribution in [2.75, 3.05) is 26.2 Å². The first-order valence-corrected chi connectivity index (χ1v) is 40.8. The molecule has 0 aliphatic carbocycles. The summed E-state index contributed by atoms with van der Waals surface area (Å²) in [5.74, 6) is -15.7. The topological polar surface area (TPSA) is 560 Å². The predicted octanol–water partition coefficient (Wildman–Crippen LogP) is -1.81. The first kappa shape index (κ1) is 100. The van der Waals surface area contributed by atoms with E-state index < -0.39 is 244 Å². The van der Waals surface area contributed by atoms with Crippen molar-refractivity contribution in [3.63, 3.8) is 0 Å².